The summed E-state index contributed by atoms with van der Waals surface area (Å²) in [6.45, 7) is 2.51. The molecule has 0 spiro atoms. The molecule has 3 rings (SSSR count). The first kappa shape index (κ1) is 16.6. The molecule has 0 radical (unpaired) electrons. The van der Waals surface area contributed by atoms with Crippen LogP contribution in [0.4, 0.5) is 5.82 Å². The van der Waals surface area contributed by atoms with Crippen molar-refractivity contribution >= 4 is 22.8 Å². The van der Waals surface area contributed by atoms with Crippen molar-refractivity contribution in [2.45, 2.75) is 37.9 Å². The van der Waals surface area contributed by atoms with Crippen molar-refractivity contribution in [3.05, 3.63) is 17.6 Å². The third kappa shape index (κ3) is 2.23. The van der Waals surface area contributed by atoms with Crippen molar-refractivity contribution in [3.8, 4) is 0 Å². The topological polar surface area (TPSA) is 170 Å². The molecule has 0 aliphatic carbocycles. The van der Waals surface area contributed by atoms with Crippen LogP contribution in [0.3, 0.4) is 0 Å². The van der Waals surface area contributed by atoms with Gasteiger partial charge < -0.3 is 36.1 Å². The molecule has 10 nitrogen and oxygen atoms in total. The van der Waals surface area contributed by atoms with Crippen molar-refractivity contribution in [2.75, 3.05) is 12.3 Å². The number of primary amides is 1. The average molecular weight is 337 g/mol. The molecule has 7 N–H and O–H groups in total. The van der Waals surface area contributed by atoms with Crippen LogP contribution in [0.5, 0.6) is 0 Å². The van der Waals surface area contributed by atoms with Gasteiger partial charge in [-0.15, -0.1) is 0 Å². The molecule has 1 aliphatic heterocycles. The number of aromatic nitrogens is 3. The molecule has 2 aromatic rings. The number of fused-ring (bicyclic) bond motifs is 1. The van der Waals surface area contributed by atoms with Crippen LogP contribution in [0.2, 0.25) is 0 Å². The molecule has 4 atom stereocenters. The summed E-state index contributed by atoms with van der Waals surface area (Å²) >= 11 is 0. The first-order valence-electron chi connectivity index (χ1n) is 7.29. The first-order valence-corrected chi connectivity index (χ1v) is 7.29. The summed E-state index contributed by atoms with van der Waals surface area (Å²) in [7, 11) is 0. The van der Waals surface area contributed by atoms with E-state index in [1.807, 2.05) is 0 Å². The second kappa shape index (κ2) is 5.38. The van der Waals surface area contributed by atoms with Gasteiger partial charge in [0.1, 0.15) is 35.1 Å². The van der Waals surface area contributed by atoms with Gasteiger partial charge in [0.15, 0.2) is 6.23 Å². The molecule has 1 saturated heterocycles. The number of rotatable bonds is 3. The smallest absolute Gasteiger partial charge is 0.251 e. The van der Waals surface area contributed by atoms with E-state index in [0.717, 1.165) is 0 Å². The van der Waals surface area contributed by atoms with Crippen LogP contribution in [0.1, 0.15) is 29.3 Å². The number of ether oxygens (including phenoxy) is 1. The zero-order valence-electron chi connectivity index (χ0n) is 13.2. The van der Waals surface area contributed by atoms with Gasteiger partial charge >= 0.3 is 0 Å². The van der Waals surface area contributed by atoms with E-state index in [2.05, 4.69) is 9.97 Å². The Morgan fingerprint density at radius 1 is 1.50 bits per heavy atom. The van der Waals surface area contributed by atoms with Crippen LogP contribution >= 0.6 is 0 Å². The fourth-order valence-electron chi connectivity index (χ4n) is 3.04. The van der Waals surface area contributed by atoms with Crippen LogP contribution in [0, 0.1) is 6.92 Å². The predicted molar refractivity (Wildman–Crippen MR) is 82.8 cm³/mol. The Hall–Kier alpha value is -2.27. The second-order valence-corrected chi connectivity index (χ2v) is 6.05. The molecular formula is C14H19N5O5. The highest BCUT2D eigenvalue weighted by Gasteiger charge is 2.53. The molecule has 0 aromatic carbocycles. The minimum absolute atomic E-state index is 0.0712. The lowest BCUT2D eigenvalue weighted by atomic mass is 9.96. The zero-order chi connectivity index (χ0) is 17.8. The first-order chi connectivity index (χ1) is 11.2. The molecule has 10 heteroatoms. The molecule has 1 fully saturated rings. The molecule has 1 amide bonds. The maximum Gasteiger partial charge on any atom is 0.251 e. The number of nitrogens with two attached hydrogens (primary N) is 2. The number of amides is 1. The molecule has 130 valence electrons. The quantitative estimate of drug-likeness (QED) is 0.447. The number of carbonyl (C=O) groups is 1. The van der Waals surface area contributed by atoms with E-state index >= 15 is 0 Å². The summed E-state index contributed by atoms with van der Waals surface area (Å²) in [4.78, 5) is 20.0. The summed E-state index contributed by atoms with van der Waals surface area (Å²) in [6, 6.07) is 0. The Bertz CT molecular complexity index is 817. The standard InChI is InChI=1S/C14H19N5O5/c1-5-17-10(15)8-6(11(16)22)3-19(12(8)18-5)13-14(2,23)9(21)7(4-20)24-13/h3,7,9,13,20-21,23H,4H2,1-2H3,(H2,16,22)(H2,15,17,18)/t7-,9?,13-,14-/m1/s1. The van der Waals surface area contributed by atoms with Crippen LogP contribution < -0.4 is 11.5 Å². The number of anilines is 1. The highest BCUT2D eigenvalue weighted by atomic mass is 16.6. The fraction of sp³-hybridized carbons (Fsp3) is 0.500. The summed E-state index contributed by atoms with van der Waals surface area (Å²) in [5.41, 5.74) is 9.86. The molecule has 1 aliphatic rings. The van der Waals surface area contributed by atoms with Gasteiger partial charge in [-0.2, -0.15) is 0 Å². The van der Waals surface area contributed by atoms with Crippen LogP contribution in [0.15, 0.2) is 6.20 Å². The Kier molecular flexibility index (Phi) is 3.72. The number of aryl methyl sites for hydroxylation is 1. The fourth-order valence-corrected chi connectivity index (χ4v) is 3.04. The lowest BCUT2D eigenvalue weighted by molar-refractivity contribution is -0.0948. The van der Waals surface area contributed by atoms with Crippen molar-refractivity contribution in [3.63, 3.8) is 0 Å². The molecule has 0 bridgehead atoms. The second-order valence-electron chi connectivity index (χ2n) is 6.05. The maximum absolute atomic E-state index is 11.7. The van der Waals surface area contributed by atoms with Gasteiger partial charge in [-0.05, 0) is 13.8 Å². The number of nitrogen functional groups attached to an aromatic ring is 1. The van der Waals surface area contributed by atoms with E-state index in [9.17, 15) is 20.1 Å². The van der Waals surface area contributed by atoms with Gasteiger partial charge in [-0.3, -0.25) is 4.79 Å². The van der Waals surface area contributed by atoms with Crippen LogP contribution in [-0.4, -0.2) is 60.2 Å². The van der Waals surface area contributed by atoms with E-state index in [1.54, 1.807) is 6.92 Å². The lowest BCUT2D eigenvalue weighted by Gasteiger charge is -2.27. The van der Waals surface area contributed by atoms with Gasteiger partial charge in [0.05, 0.1) is 17.6 Å². The van der Waals surface area contributed by atoms with E-state index in [0.29, 0.717) is 5.82 Å². The number of carbonyl (C=O) groups excluding carboxylic acids is 1. The number of hydrogen-bond acceptors (Lipinski definition) is 8. The van der Waals surface area contributed by atoms with Gasteiger partial charge in [0, 0.05) is 6.20 Å². The van der Waals surface area contributed by atoms with E-state index < -0.39 is 36.6 Å². The van der Waals surface area contributed by atoms with Gasteiger partial charge in [-0.25, -0.2) is 9.97 Å². The highest BCUT2D eigenvalue weighted by molar-refractivity contribution is 6.08. The largest absolute Gasteiger partial charge is 0.394 e. The summed E-state index contributed by atoms with van der Waals surface area (Å²) in [5, 5.41) is 30.3. The summed E-state index contributed by atoms with van der Waals surface area (Å²) < 4.78 is 6.94. The summed E-state index contributed by atoms with van der Waals surface area (Å²) in [5.74, 6) is -0.316. The van der Waals surface area contributed by atoms with Crippen LogP contribution in [-0.2, 0) is 4.74 Å². The third-order valence-corrected chi connectivity index (χ3v) is 4.26. The lowest BCUT2D eigenvalue weighted by Crippen LogP contribution is -2.44. The zero-order valence-corrected chi connectivity index (χ0v) is 13.2. The third-order valence-electron chi connectivity index (χ3n) is 4.26. The van der Waals surface area contributed by atoms with Gasteiger partial charge in [-0.1, -0.05) is 0 Å². The van der Waals surface area contributed by atoms with Crippen molar-refractivity contribution in [1.82, 2.24) is 14.5 Å². The maximum atomic E-state index is 11.7. The van der Waals surface area contributed by atoms with Crippen LogP contribution in [0.25, 0.3) is 11.0 Å². The van der Waals surface area contributed by atoms with Crippen molar-refractivity contribution < 1.29 is 24.9 Å². The SMILES string of the molecule is Cc1nc(N)c2c(C(N)=O)cn([C@@H]3O[C@H](CO)C(O)[C@@]3(C)O)c2n1. The Morgan fingerprint density at radius 2 is 2.17 bits per heavy atom. The molecular weight excluding hydrogens is 318 g/mol. The Morgan fingerprint density at radius 3 is 2.71 bits per heavy atom. The molecule has 2 aromatic heterocycles. The molecule has 24 heavy (non-hydrogen) atoms. The Labute approximate surface area is 136 Å². The number of aliphatic hydroxyl groups excluding tert-OH is 2. The van der Waals surface area contributed by atoms with E-state index in [1.165, 1.54) is 17.7 Å². The highest BCUT2D eigenvalue weighted by Crippen LogP contribution is 2.40. The van der Waals surface area contributed by atoms with E-state index in [-0.39, 0.29) is 22.4 Å². The monoisotopic (exact) mass is 337 g/mol. The Balaban J connectivity index is 2.25. The minimum Gasteiger partial charge on any atom is -0.394 e. The predicted octanol–water partition coefficient (Wildman–Crippen LogP) is -1.58. The number of hydrogen-bond donors (Lipinski definition) is 5. The minimum atomic E-state index is -1.73. The average Bonchev–Trinajstić information content (AvgIpc) is 2.96. The van der Waals surface area contributed by atoms with Crippen molar-refractivity contribution in [2.24, 2.45) is 5.73 Å². The molecule has 1 unspecified atom stereocenters. The summed E-state index contributed by atoms with van der Waals surface area (Å²) in [6.07, 6.45) is -2.07. The van der Waals surface area contributed by atoms with Gasteiger partial charge in [0.2, 0.25) is 0 Å². The van der Waals surface area contributed by atoms with E-state index in [4.69, 9.17) is 16.2 Å². The molecule has 3 heterocycles. The van der Waals surface area contributed by atoms with Gasteiger partial charge in [0.25, 0.3) is 5.91 Å². The normalized spacial score (nSPS) is 30.1. The van der Waals surface area contributed by atoms with Crippen molar-refractivity contribution in [1.29, 1.82) is 0 Å². The number of nitrogens with zero attached hydrogens (tertiary/aromatic N) is 3. The number of aliphatic hydroxyl groups is 3. The molecule has 0 saturated carbocycles.